The summed E-state index contributed by atoms with van der Waals surface area (Å²) in [6, 6.07) is 3.58. The minimum absolute atomic E-state index is 0.332. The second-order valence-corrected chi connectivity index (χ2v) is 6.73. The van der Waals surface area contributed by atoms with Crippen LogP contribution in [0.4, 0.5) is 24.5 Å². The molecule has 2 aromatic rings. The Hall–Kier alpha value is -3.11. The molecular weight excluding hydrogens is 393 g/mol. The van der Waals surface area contributed by atoms with E-state index in [1.807, 2.05) is 4.90 Å². The summed E-state index contributed by atoms with van der Waals surface area (Å²) in [7, 11) is 1.34. The van der Waals surface area contributed by atoms with E-state index >= 15 is 0 Å². The van der Waals surface area contributed by atoms with Gasteiger partial charge in [-0.1, -0.05) is 0 Å². The molecule has 0 saturated carbocycles. The first-order valence-corrected chi connectivity index (χ1v) is 8.97. The lowest BCUT2D eigenvalue weighted by Gasteiger charge is -2.28. The molecule has 0 bridgehead atoms. The molecule has 1 aromatic heterocycles. The maximum absolute atomic E-state index is 13.4. The first-order chi connectivity index (χ1) is 13.7. The van der Waals surface area contributed by atoms with E-state index in [0.29, 0.717) is 18.8 Å². The fourth-order valence-corrected chi connectivity index (χ4v) is 3.27. The van der Waals surface area contributed by atoms with Crippen molar-refractivity contribution in [2.24, 2.45) is 7.05 Å². The number of benzene rings is 1. The molecule has 3 rings (SSSR count). The van der Waals surface area contributed by atoms with Crippen molar-refractivity contribution in [3.63, 3.8) is 0 Å². The fourth-order valence-electron chi connectivity index (χ4n) is 3.27. The van der Waals surface area contributed by atoms with Gasteiger partial charge in [-0.25, -0.2) is 9.78 Å². The van der Waals surface area contributed by atoms with Gasteiger partial charge in [0.05, 0.1) is 10.5 Å². The molecule has 156 valence electrons. The third-order valence-corrected chi connectivity index (χ3v) is 4.72. The number of nitrogens with zero attached hydrogens (tertiary/aromatic N) is 4. The lowest BCUT2D eigenvalue weighted by atomic mass is 10.1. The molecule has 2 heterocycles. The third kappa shape index (κ3) is 4.49. The van der Waals surface area contributed by atoms with Crippen molar-refractivity contribution in [3.05, 3.63) is 52.1 Å². The fraction of sp³-hybridized carbons (Fsp3) is 0.444. The molecular formula is C18H19F3N4O4. The van der Waals surface area contributed by atoms with Crippen LogP contribution >= 0.6 is 0 Å². The van der Waals surface area contributed by atoms with Crippen LogP contribution in [0.3, 0.4) is 0 Å². The highest BCUT2D eigenvalue weighted by Gasteiger charge is 2.46. The Morgan fingerprint density at radius 3 is 2.52 bits per heavy atom. The van der Waals surface area contributed by atoms with E-state index in [1.165, 1.54) is 25.4 Å². The first-order valence-electron chi connectivity index (χ1n) is 8.97. The molecule has 0 spiro atoms. The molecule has 29 heavy (non-hydrogen) atoms. The zero-order valence-corrected chi connectivity index (χ0v) is 15.6. The molecule has 1 unspecified atom stereocenters. The van der Waals surface area contributed by atoms with Crippen LogP contribution in [0.5, 0.6) is 0 Å². The summed E-state index contributed by atoms with van der Waals surface area (Å²) < 4.78 is 46.0. The smallest absolute Gasteiger partial charge is 0.432 e. The van der Waals surface area contributed by atoms with Gasteiger partial charge in [0.1, 0.15) is 5.69 Å². The van der Waals surface area contributed by atoms with E-state index in [9.17, 15) is 28.1 Å². The normalized spacial score (nSPS) is 15.8. The summed E-state index contributed by atoms with van der Waals surface area (Å²) >= 11 is 0. The number of aryl methyl sites for hydroxylation is 1. The third-order valence-electron chi connectivity index (χ3n) is 4.72. The van der Waals surface area contributed by atoms with Crippen LogP contribution in [-0.4, -0.2) is 39.7 Å². The number of piperidine rings is 1. The maximum Gasteiger partial charge on any atom is 0.432 e. The molecule has 0 radical (unpaired) electrons. The van der Waals surface area contributed by atoms with Crippen LogP contribution in [0, 0.1) is 10.1 Å². The molecule has 1 aliphatic heterocycles. The Labute approximate surface area is 164 Å². The average molecular weight is 412 g/mol. The number of alkyl halides is 3. The molecule has 0 amide bonds. The van der Waals surface area contributed by atoms with Gasteiger partial charge < -0.3 is 14.2 Å². The van der Waals surface area contributed by atoms with Crippen LogP contribution in [-0.2, 0) is 11.8 Å². The summed E-state index contributed by atoms with van der Waals surface area (Å²) in [5.41, 5.74) is -0.342. The minimum Gasteiger partial charge on any atom is -0.441 e. The van der Waals surface area contributed by atoms with E-state index in [2.05, 4.69) is 9.72 Å². The predicted molar refractivity (Wildman–Crippen MR) is 96.6 cm³/mol. The predicted octanol–water partition coefficient (Wildman–Crippen LogP) is 3.78. The lowest BCUT2D eigenvalue weighted by Crippen LogP contribution is -2.30. The van der Waals surface area contributed by atoms with Crippen molar-refractivity contribution in [1.29, 1.82) is 0 Å². The van der Waals surface area contributed by atoms with E-state index in [1.54, 1.807) is 0 Å². The summed E-state index contributed by atoms with van der Waals surface area (Å²) in [5.74, 6) is -1.81. The van der Waals surface area contributed by atoms with Crippen LogP contribution in [0.15, 0.2) is 30.6 Å². The first kappa shape index (κ1) is 20.6. The molecule has 1 aromatic carbocycles. The van der Waals surface area contributed by atoms with Crippen molar-refractivity contribution in [3.8, 4) is 0 Å². The largest absolute Gasteiger partial charge is 0.441 e. The second kappa shape index (κ2) is 8.10. The van der Waals surface area contributed by atoms with Crippen LogP contribution in [0.1, 0.15) is 41.5 Å². The Morgan fingerprint density at radius 2 is 1.97 bits per heavy atom. The van der Waals surface area contributed by atoms with E-state index in [4.69, 9.17) is 0 Å². The number of ether oxygens (including phenoxy) is 1. The number of rotatable bonds is 5. The van der Waals surface area contributed by atoms with Gasteiger partial charge in [-0.2, -0.15) is 13.2 Å². The number of imidazole rings is 1. The van der Waals surface area contributed by atoms with Crippen molar-refractivity contribution in [1.82, 2.24) is 9.55 Å². The average Bonchev–Trinajstić information content (AvgIpc) is 3.10. The summed E-state index contributed by atoms with van der Waals surface area (Å²) in [4.78, 5) is 28.6. The van der Waals surface area contributed by atoms with Gasteiger partial charge in [-0.3, -0.25) is 10.1 Å². The highest BCUT2D eigenvalue weighted by atomic mass is 19.4. The number of carbonyl (C=O) groups excluding carboxylic acids is 1. The summed E-state index contributed by atoms with van der Waals surface area (Å²) in [6.45, 7) is 1.28. The van der Waals surface area contributed by atoms with Gasteiger partial charge in [-0.15, -0.1) is 0 Å². The zero-order valence-electron chi connectivity index (χ0n) is 15.6. The molecule has 1 fully saturated rings. The van der Waals surface area contributed by atoms with E-state index < -0.39 is 29.0 Å². The Morgan fingerprint density at radius 1 is 1.28 bits per heavy atom. The monoisotopic (exact) mass is 412 g/mol. The SMILES string of the molecule is Cn1ccnc1C(OC(=O)c1ccc(N2CCCCC2)c([N+](=O)[O-])c1)C(F)(F)F. The number of nitro groups is 1. The zero-order chi connectivity index (χ0) is 21.2. The highest BCUT2D eigenvalue weighted by molar-refractivity contribution is 5.91. The maximum atomic E-state index is 13.4. The molecule has 0 N–H and O–H groups in total. The molecule has 1 saturated heterocycles. The number of hydrogen-bond donors (Lipinski definition) is 0. The standard InChI is InChI=1S/C18H19F3N4O4/c1-23-10-7-22-16(23)15(18(19,20)21)29-17(26)12-5-6-13(14(11-12)25(27)28)24-8-3-2-4-9-24/h5-7,10-11,15H,2-4,8-9H2,1H3. The van der Waals surface area contributed by atoms with Crippen molar-refractivity contribution >= 4 is 17.3 Å². The Bertz CT molecular complexity index is 907. The van der Waals surface area contributed by atoms with Crippen molar-refractivity contribution < 1.29 is 27.6 Å². The molecule has 11 heteroatoms. The summed E-state index contributed by atoms with van der Waals surface area (Å²) in [5, 5.41) is 11.5. The molecule has 0 aliphatic carbocycles. The van der Waals surface area contributed by atoms with Gasteiger partial charge >= 0.3 is 12.1 Å². The number of hydrogen-bond acceptors (Lipinski definition) is 6. The number of carbonyl (C=O) groups is 1. The minimum atomic E-state index is -4.89. The highest BCUT2D eigenvalue weighted by Crippen LogP contribution is 2.36. The number of aromatic nitrogens is 2. The molecule has 1 atom stereocenters. The lowest BCUT2D eigenvalue weighted by molar-refractivity contribution is -0.384. The van der Waals surface area contributed by atoms with Gasteiger partial charge in [0.2, 0.25) is 0 Å². The van der Waals surface area contributed by atoms with Crippen molar-refractivity contribution in [2.75, 3.05) is 18.0 Å². The van der Waals surface area contributed by atoms with Crippen LogP contribution < -0.4 is 4.90 Å². The van der Waals surface area contributed by atoms with E-state index in [-0.39, 0.29) is 11.3 Å². The number of halogens is 3. The number of anilines is 1. The second-order valence-electron chi connectivity index (χ2n) is 6.73. The van der Waals surface area contributed by atoms with Gasteiger partial charge in [0.25, 0.3) is 11.8 Å². The molecule has 1 aliphatic rings. The number of esters is 1. The van der Waals surface area contributed by atoms with Crippen LogP contribution in [0.25, 0.3) is 0 Å². The van der Waals surface area contributed by atoms with Gasteiger partial charge in [0.15, 0.2) is 5.82 Å². The summed E-state index contributed by atoms with van der Waals surface area (Å²) in [6.07, 6.45) is -2.23. The van der Waals surface area contributed by atoms with E-state index in [0.717, 1.165) is 36.1 Å². The Kier molecular flexibility index (Phi) is 5.76. The quantitative estimate of drug-likeness (QED) is 0.422. The van der Waals surface area contributed by atoms with Gasteiger partial charge in [-0.05, 0) is 31.4 Å². The molecule has 8 nitrogen and oxygen atoms in total. The number of nitro benzene ring substituents is 1. The van der Waals surface area contributed by atoms with Crippen LogP contribution in [0.2, 0.25) is 0 Å². The topological polar surface area (TPSA) is 90.5 Å². The van der Waals surface area contributed by atoms with Gasteiger partial charge in [0, 0.05) is 38.6 Å². The Balaban J connectivity index is 1.89. The van der Waals surface area contributed by atoms with Crippen molar-refractivity contribution in [2.45, 2.75) is 31.5 Å².